The zero-order chi connectivity index (χ0) is 17.6. The van der Waals surface area contributed by atoms with Crippen molar-refractivity contribution in [2.75, 3.05) is 0 Å². The molecule has 0 amide bonds. The molecule has 4 atom stereocenters. The van der Waals surface area contributed by atoms with E-state index in [0.717, 1.165) is 31.8 Å². The second-order valence-corrected chi connectivity index (χ2v) is 7.95. The van der Waals surface area contributed by atoms with Gasteiger partial charge in [0.05, 0.1) is 0 Å². The zero-order valence-electron chi connectivity index (χ0n) is 14.6. The lowest BCUT2D eigenvalue weighted by Gasteiger charge is -2.52. The minimum absolute atomic E-state index is 0.0854. The van der Waals surface area contributed by atoms with Crippen molar-refractivity contribution in [3.8, 4) is 0 Å². The van der Waals surface area contributed by atoms with E-state index in [-0.39, 0.29) is 11.0 Å². The zero-order valence-corrected chi connectivity index (χ0v) is 14.6. The molecule has 3 aliphatic carbocycles. The van der Waals surface area contributed by atoms with E-state index in [4.69, 9.17) is 0 Å². The summed E-state index contributed by atoms with van der Waals surface area (Å²) in [6.07, 6.45) is 7.81. The number of rotatable bonds is 2. The van der Waals surface area contributed by atoms with Crippen LogP contribution in [0.2, 0.25) is 0 Å². The molecule has 0 saturated heterocycles. The van der Waals surface area contributed by atoms with Crippen LogP contribution < -0.4 is 0 Å². The van der Waals surface area contributed by atoms with E-state index in [1.54, 1.807) is 0 Å². The van der Waals surface area contributed by atoms with Gasteiger partial charge in [-0.3, -0.25) is 9.59 Å². The Bertz CT molecular complexity index is 682. The molecular formula is C20H26O4. The van der Waals surface area contributed by atoms with Crippen LogP contribution >= 0.6 is 0 Å². The number of hydrogen-bond donors (Lipinski definition) is 2. The highest BCUT2D eigenvalue weighted by atomic mass is 16.3. The quantitative estimate of drug-likeness (QED) is 0.588. The Kier molecular flexibility index (Phi) is 4.18. The first kappa shape index (κ1) is 17.0. The Morgan fingerprint density at radius 2 is 1.92 bits per heavy atom. The molecule has 0 radical (unpaired) electrons. The van der Waals surface area contributed by atoms with Crippen LogP contribution in [-0.4, -0.2) is 21.8 Å². The number of Topliss-reactive ketones (excluding diaryl/α,β-unsaturated/α-hetero) is 1. The van der Waals surface area contributed by atoms with E-state index in [2.05, 4.69) is 26.8 Å². The van der Waals surface area contributed by atoms with Gasteiger partial charge in [0.2, 0.25) is 11.6 Å². The van der Waals surface area contributed by atoms with E-state index in [1.807, 2.05) is 0 Å². The first-order valence-corrected chi connectivity index (χ1v) is 8.84. The van der Waals surface area contributed by atoms with E-state index < -0.39 is 23.1 Å². The highest BCUT2D eigenvalue weighted by molar-refractivity contribution is 6.20. The first-order valence-electron chi connectivity index (χ1n) is 8.84. The highest BCUT2D eigenvalue weighted by Crippen LogP contribution is 2.56. The molecule has 1 saturated carbocycles. The van der Waals surface area contributed by atoms with Gasteiger partial charge in [0.1, 0.15) is 0 Å². The number of aliphatic hydroxyl groups excluding tert-OH is 2. The van der Waals surface area contributed by atoms with Crippen LogP contribution in [0.25, 0.3) is 0 Å². The van der Waals surface area contributed by atoms with E-state index in [0.29, 0.717) is 24.2 Å². The number of allylic oxidation sites excluding steroid dienone is 4. The Labute approximate surface area is 142 Å². The molecule has 4 unspecified atom stereocenters. The van der Waals surface area contributed by atoms with Gasteiger partial charge >= 0.3 is 0 Å². The van der Waals surface area contributed by atoms with Gasteiger partial charge in [-0.15, -0.1) is 0 Å². The molecule has 1 fully saturated rings. The fourth-order valence-electron chi connectivity index (χ4n) is 5.02. The topological polar surface area (TPSA) is 74.6 Å². The minimum Gasteiger partial charge on any atom is -0.504 e. The van der Waals surface area contributed by atoms with Gasteiger partial charge < -0.3 is 10.2 Å². The smallest absolute Gasteiger partial charge is 0.227 e. The van der Waals surface area contributed by atoms with Gasteiger partial charge in [0, 0.05) is 11.6 Å². The minimum atomic E-state index is -0.676. The average Bonchev–Trinajstić information content (AvgIpc) is 2.54. The van der Waals surface area contributed by atoms with Crippen molar-refractivity contribution in [2.24, 2.45) is 23.2 Å². The molecule has 0 spiro atoms. The van der Waals surface area contributed by atoms with Gasteiger partial charge in [0.25, 0.3) is 0 Å². The largest absolute Gasteiger partial charge is 0.504 e. The van der Waals surface area contributed by atoms with Gasteiger partial charge in [-0.1, -0.05) is 25.5 Å². The summed E-state index contributed by atoms with van der Waals surface area (Å²) in [6, 6.07) is 0. The van der Waals surface area contributed by atoms with Crippen LogP contribution in [0.3, 0.4) is 0 Å². The maximum absolute atomic E-state index is 12.3. The second-order valence-electron chi connectivity index (χ2n) is 7.95. The summed E-state index contributed by atoms with van der Waals surface area (Å²) < 4.78 is 0. The molecule has 4 nitrogen and oxygen atoms in total. The normalized spacial score (nSPS) is 37.0. The summed E-state index contributed by atoms with van der Waals surface area (Å²) in [7, 11) is 0. The molecule has 4 heteroatoms. The Morgan fingerprint density at radius 1 is 1.21 bits per heavy atom. The third-order valence-electron chi connectivity index (χ3n) is 6.75. The second kappa shape index (κ2) is 5.91. The third kappa shape index (κ3) is 2.52. The monoisotopic (exact) mass is 330 g/mol. The lowest BCUT2D eigenvalue weighted by Crippen LogP contribution is -2.45. The molecule has 0 heterocycles. The maximum Gasteiger partial charge on any atom is 0.227 e. The SMILES string of the molecule is CC1=CCCC2C1CCC(C)C2(C)CC1=C(O)C(=O)C=C(O)C1=O. The van der Waals surface area contributed by atoms with E-state index in [1.165, 1.54) is 5.57 Å². The molecule has 3 rings (SSSR count). The van der Waals surface area contributed by atoms with Crippen LogP contribution in [0.4, 0.5) is 0 Å². The van der Waals surface area contributed by atoms with Crippen molar-refractivity contribution in [3.63, 3.8) is 0 Å². The molecule has 0 aromatic heterocycles. The molecule has 130 valence electrons. The van der Waals surface area contributed by atoms with Crippen molar-refractivity contribution < 1.29 is 19.8 Å². The molecule has 0 aromatic rings. The molecule has 3 aliphatic rings. The fourth-order valence-corrected chi connectivity index (χ4v) is 5.02. The number of carbonyl (C=O) groups excluding carboxylic acids is 2. The predicted molar refractivity (Wildman–Crippen MR) is 91.5 cm³/mol. The van der Waals surface area contributed by atoms with Gasteiger partial charge in [-0.05, 0) is 62.2 Å². The maximum atomic E-state index is 12.3. The Morgan fingerprint density at radius 3 is 2.62 bits per heavy atom. The number of ketones is 2. The van der Waals surface area contributed by atoms with Crippen LogP contribution in [0, 0.1) is 23.2 Å². The van der Waals surface area contributed by atoms with E-state index in [9.17, 15) is 19.8 Å². The third-order valence-corrected chi connectivity index (χ3v) is 6.75. The summed E-state index contributed by atoms with van der Waals surface area (Å²) in [6.45, 7) is 6.57. The summed E-state index contributed by atoms with van der Waals surface area (Å²) in [4.78, 5) is 24.1. The average molecular weight is 330 g/mol. The van der Waals surface area contributed by atoms with Crippen molar-refractivity contribution in [2.45, 2.75) is 52.9 Å². The summed E-state index contributed by atoms with van der Waals surface area (Å²) in [5.41, 5.74) is 1.34. The van der Waals surface area contributed by atoms with Gasteiger partial charge in [-0.2, -0.15) is 0 Å². The van der Waals surface area contributed by atoms with Gasteiger partial charge in [-0.25, -0.2) is 0 Å². The number of aliphatic hydroxyl groups is 2. The standard InChI is InChI=1S/C20H26O4/c1-11-5-4-6-15-13(11)8-7-12(2)20(15,3)10-14-18(23)16(21)9-17(22)19(14)24/h5,9,12-13,15,21,24H,4,6-8,10H2,1-3H3. The van der Waals surface area contributed by atoms with Crippen molar-refractivity contribution in [1.82, 2.24) is 0 Å². The van der Waals surface area contributed by atoms with Crippen molar-refractivity contribution >= 4 is 11.6 Å². The predicted octanol–water partition coefficient (Wildman–Crippen LogP) is 4.19. The van der Waals surface area contributed by atoms with Gasteiger partial charge in [0.15, 0.2) is 11.5 Å². The lowest BCUT2D eigenvalue weighted by atomic mass is 9.52. The van der Waals surface area contributed by atoms with Crippen molar-refractivity contribution in [1.29, 1.82) is 0 Å². The Balaban J connectivity index is 1.97. The molecule has 0 bridgehead atoms. The molecule has 24 heavy (non-hydrogen) atoms. The summed E-state index contributed by atoms with van der Waals surface area (Å²) in [5.74, 6) is -0.992. The molecule has 0 aliphatic heterocycles. The van der Waals surface area contributed by atoms with Crippen molar-refractivity contribution in [3.05, 3.63) is 34.8 Å². The first-order chi connectivity index (χ1) is 11.3. The van der Waals surface area contributed by atoms with E-state index >= 15 is 0 Å². The number of carbonyl (C=O) groups is 2. The molecular weight excluding hydrogens is 304 g/mol. The highest BCUT2D eigenvalue weighted by Gasteiger charge is 2.49. The number of hydrogen-bond acceptors (Lipinski definition) is 4. The molecule has 0 aromatic carbocycles. The van der Waals surface area contributed by atoms with Crippen LogP contribution in [-0.2, 0) is 9.59 Å². The lowest BCUT2D eigenvalue weighted by molar-refractivity contribution is -0.120. The molecule has 2 N–H and O–H groups in total. The fraction of sp³-hybridized carbons (Fsp3) is 0.600. The van der Waals surface area contributed by atoms with Crippen LogP contribution in [0.15, 0.2) is 34.8 Å². The summed E-state index contributed by atoms with van der Waals surface area (Å²) in [5, 5.41) is 19.9. The van der Waals surface area contributed by atoms with Crippen LogP contribution in [0.1, 0.15) is 52.9 Å². The van der Waals surface area contributed by atoms with Crippen LogP contribution in [0.5, 0.6) is 0 Å². The summed E-state index contributed by atoms with van der Waals surface area (Å²) >= 11 is 0. The number of fused-ring (bicyclic) bond motifs is 1. The Hall–Kier alpha value is -1.84.